The predicted molar refractivity (Wildman–Crippen MR) is 75.2 cm³/mol. The van der Waals surface area contributed by atoms with Crippen LogP contribution in [-0.2, 0) is 13.1 Å². The summed E-state index contributed by atoms with van der Waals surface area (Å²) in [6.07, 6.45) is 4.04. The zero-order valence-corrected chi connectivity index (χ0v) is 12.4. The molecule has 0 saturated carbocycles. The molecule has 0 aromatic carbocycles. The first kappa shape index (κ1) is 12.8. The first-order chi connectivity index (χ1) is 8.19. The Kier molecular flexibility index (Phi) is 4.36. The highest BCUT2D eigenvalue weighted by Crippen LogP contribution is 2.20. The summed E-state index contributed by atoms with van der Waals surface area (Å²) in [7, 11) is 0. The van der Waals surface area contributed by atoms with Crippen molar-refractivity contribution in [1.82, 2.24) is 15.1 Å². The Morgan fingerprint density at radius 1 is 1.59 bits per heavy atom. The molecule has 3 nitrogen and oxygen atoms in total. The van der Waals surface area contributed by atoms with E-state index in [0.717, 1.165) is 17.6 Å². The van der Waals surface area contributed by atoms with Gasteiger partial charge in [0, 0.05) is 45.6 Å². The van der Waals surface area contributed by atoms with Gasteiger partial charge in [0.25, 0.3) is 0 Å². The van der Waals surface area contributed by atoms with Crippen LogP contribution in [0.4, 0.5) is 0 Å². The van der Waals surface area contributed by atoms with Crippen LogP contribution >= 0.6 is 27.3 Å². The molecule has 0 bridgehead atoms. The van der Waals surface area contributed by atoms with E-state index in [2.05, 4.69) is 57.8 Å². The maximum atomic E-state index is 4.29. The number of thiophene rings is 1. The van der Waals surface area contributed by atoms with Gasteiger partial charge in [0.1, 0.15) is 0 Å². The largest absolute Gasteiger partial charge is 0.305 e. The summed E-state index contributed by atoms with van der Waals surface area (Å²) in [6, 6.07) is 2.48. The highest BCUT2D eigenvalue weighted by molar-refractivity contribution is 9.10. The highest BCUT2D eigenvalue weighted by atomic mass is 79.9. The number of aryl methyl sites for hydroxylation is 1. The molecule has 2 aromatic heterocycles. The van der Waals surface area contributed by atoms with Crippen LogP contribution in [0.2, 0.25) is 0 Å². The van der Waals surface area contributed by atoms with E-state index in [4.69, 9.17) is 0 Å². The summed E-state index contributed by atoms with van der Waals surface area (Å²) in [5, 5.41) is 9.90. The first-order valence-electron chi connectivity index (χ1n) is 5.67. The van der Waals surface area contributed by atoms with Crippen LogP contribution in [0.3, 0.4) is 0 Å². The molecule has 0 radical (unpaired) electrons. The van der Waals surface area contributed by atoms with Gasteiger partial charge in [-0.05, 0) is 35.8 Å². The molecule has 0 aliphatic carbocycles. The van der Waals surface area contributed by atoms with E-state index in [-0.39, 0.29) is 0 Å². The minimum atomic E-state index is 0.330. The number of halogens is 1. The van der Waals surface area contributed by atoms with Crippen molar-refractivity contribution in [2.45, 2.75) is 33.0 Å². The van der Waals surface area contributed by atoms with Gasteiger partial charge in [-0.15, -0.1) is 11.3 Å². The number of rotatable bonds is 5. The van der Waals surface area contributed by atoms with Crippen LogP contribution in [0.15, 0.2) is 28.3 Å². The van der Waals surface area contributed by atoms with E-state index in [9.17, 15) is 0 Å². The molecule has 92 valence electrons. The van der Waals surface area contributed by atoms with Gasteiger partial charge < -0.3 is 5.32 Å². The predicted octanol–water partition coefficient (Wildman–Crippen LogP) is 3.58. The molecular weight excluding hydrogens is 298 g/mol. The molecule has 0 spiro atoms. The van der Waals surface area contributed by atoms with Crippen molar-refractivity contribution >= 4 is 27.3 Å². The average molecular weight is 314 g/mol. The van der Waals surface area contributed by atoms with E-state index in [1.807, 2.05) is 10.9 Å². The summed E-state index contributed by atoms with van der Waals surface area (Å²) in [4.78, 5) is 1.34. The zero-order valence-electron chi connectivity index (χ0n) is 9.98. The van der Waals surface area contributed by atoms with Crippen molar-refractivity contribution in [3.8, 4) is 0 Å². The monoisotopic (exact) mass is 313 g/mol. The minimum absolute atomic E-state index is 0.330. The van der Waals surface area contributed by atoms with E-state index >= 15 is 0 Å². The second-order valence-corrected chi connectivity index (χ2v) is 5.87. The second-order valence-electron chi connectivity index (χ2n) is 3.96. The van der Waals surface area contributed by atoms with Gasteiger partial charge in [-0.3, -0.25) is 4.68 Å². The van der Waals surface area contributed by atoms with E-state index in [1.54, 1.807) is 11.3 Å². The van der Waals surface area contributed by atoms with E-state index in [1.165, 1.54) is 10.4 Å². The molecule has 0 saturated heterocycles. The topological polar surface area (TPSA) is 29.9 Å². The second kappa shape index (κ2) is 5.80. The molecule has 1 unspecified atom stereocenters. The molecule has 0 aliphatic heterocycles. The van der Waals surface area contributed by atoms with Crippen LogP contribution in [-0.4, -0.2) is 9.78 Å². The molecule has 2 heterocycles. The first-order valence-corrected chi connectivity index (χ1v) is 7.35. The Morgan fingerprint density at radius 2 is 2.41 bits per heavy atom. The third-order valence-electron chi connectivity index (χ3n) is 2.68. The quantitative estimate of drug-likeness (QED) is 0.914. The Bertz CT molecular complexity index is 478. The number of nitrogens with zero attached hydrogens (tertiary/aromatic N) is 2. The number of nitrogens with one attached hydrogen (secondary N) is 1. The van der Waals surface area contributed by atoms with Crippen LogP contribution in [0.25, 0.3) is 0 Å². The fourth-order valence-corrected chi connectivity index (χ4v) is 3.00. The summed E-state index contributed by atoms with van der Waals surface area (Å²) in [5.74, 6) is 0. The van der Waals surface area contributed by atoms with Crippen molar-refractivity contribution < 1.29 is 0 Å². The number of hydrogen-bond acceptors (Lipinski definition) is 3. The van der Waals surface area contributed by atoms with Gasteiger partial charge in [0.05, 0.1) is 6.20 Å². The van der Waals surface area contributed by atoms with Crippen LogP contribution in [0, 0.1) is 0 Å². The lowest BCUT2D eigenvalue weighted by molar-refractivity contribution is 0.577. The van der Waals surface area contributed by atoms with Crippen LogP contribution < -0.4 is 5.32 Å². The van der Waals surface area contributed by atoms with Crippen molar-refractivity contribution in [1.29, 1.82) is 0 Å². The van der Waals surface area contributed by atoms with Crippen LogP contribution in [0.5, 0.6) is 0 Å². The molecule has 0 aliphatic rings. The standard InChI is InChI=1S/C12H16BrN3S/c1-3-16-7-10(5-15-16)9(2)14-6-12-4-11(13)8-17-12/h4-5,7-9,14H,3,6H2,1-2H3. The van der Waals surface area contributed by atoms with Crippen molar-refractivity contribution in [3.63, 3.8) is 0 Å². The molecular formula is C12H16BrN3S. The van der Waals surface area contributed by atoms with Gasteiger partial charge in [-0.25, -0.2) is 0 Å². The Hall–Kier alpha value is -0.650. The third-order valence-corrected chi connectivity index (χ3v) is 4.38. The maximum absolute atomic E-state index is 4.29. The van der Waals surface area contributed by atoms with Crippen molar-refractivity contribution in [3.05, 3.63) is 38.8 Å². The van der Waals surface area contributed by atoms with E-state index in [0.29, 0.717) is 6.04 Å². The molecule has 17 heavy (non-hydrogen) atoms. The fourth-order valence-electron chi connectivity index (χ4n) is 1.59. The molecule has 0 amide bonds. The third kappa shape index (κ3) is 3.40. The van der Waals surface area contributed by atoms with E-state index < -0.39 is 0 Å². The number of hydrogen-bond donors (Lipinski definition) is 1. The van der Waals surface area contributed by atoms with Gasteiger partial charge in [-0.2, -0.15) is 5.10 Å². The minimum Gasteiger partial charge on any atom is -0.305 e. The molecule has 1 N–H and O–H groups in total. The number of aromatic nitrogens is 2. The average Bonchev–Trinajstić information content (AvgIpc) is 2.94. The lowest BCUT2D eigenvalue weighted by atomic mass is 10.2. The van der Waals surface area contributed by atoms with Crippen molar-refractivity contribution in [2.24, 2.45) is 0 Å². The molecule has 0 fully saturated rings. The summed E-state index contributed by atoms with van der Waals surface area (Å²) in [5.41, 5.74) is 1.24. The lowest BCUT2D eigenvalue weighted by Crippen LogP contribution is -2.17. The lowest BCUT2D eigenvalue weighted by Gasteiger charge is -2.10. The van der Waals surface area contributed by atoms with Crippen LogP contribution in [0.1, 0.15) is 30.3 Å². The normalized spacial score (nSPS) is 12.9. The summed E-state index contributed by atoms with van der Waals surface area (Å²) >= 11 is 5.23. The Labute approximate surface area is 114 Å². The summed E-state index contributed by atoms with van der Waals surface area (Å²) < 4.78 is 3.11. The van der Waals surface area contributed by atoms with Gasteiger partial charge in [0.2, 0.25) is 0 Å². The summed E-state index contributed by atoms with van der Waals surface area (Å²) in [6.45, 7) is 6.08. The van der Waals surface area contributed by atoms with Gasteiger partial charge in [0.15, 0.2) is 0 Å². The Morgan fingerprint density at radius 3 is 3.00 bits per heavy atom. The molecule has 5 heteroatoms. The maximum Gasteiger partial charge on any atom is 0.0537 e. The van der Waals surface area contributed by atoms with Gasteiger partial charge in [-0.1, -0.05) is 0 Å². The van der Waals surface area contributed by atoms with Crippen molar-refractivity contribution in [2.75, 3.05) is 0 Å². The highest BCUT2D eigenvalue weighted by Gasteiger charge is 2.07. The Balaban J connectivity index is 1.90. The SMILES string of the molecule is CCn1cc(C(C)NCc2cc(Br)cs2)cn1. The van der Waals surface area contributed by atoms with Gasteiger partial charge >= 0.3 is 0 Å². The molecule has 1 atom stereocenters. The fraction of sp³-hybridized carbons (Fsp3) is 0.417. The molecule has 2 aromatic rings. The smallest absolute Gasteiger partial charge is 0.0537 e. The molecule has 2 rings (SSSR count). The zero-order chi connectivity index (χ0) is 12.3.